The highest BCUT2D eigenvalue weighted by Crippen LogP contribution is 2.35. The van der Waals surface area contributed by atoms with Crippen molar-refractivity contribution in [1.29, 1.82) is 0 Å². The fourth-order valence-electron chi connectivity index (χ4n) is 0.739. The van der Waals surface area contributed by atoms with Gasteiger partial charge in [-0.2, -0.15) is 22.0 Å². The summed E-state index contributed by atoms with van der Waals surface area (Å²) < 4.78 is 68.7. The minimum Gasteiger partial charge on any atom is -0.455 e. The Morgan fingerprint density at radius 2 is 1.78 bits per heavy atom. The lowest BCUT2D eigenvalue weighted by Crippen LogP contribution is -2.41. The van der Waals surface area contributed by atoms with E-state index in [-0.39, 0.29) is 12.2 Å². The highest BCUT2D eigenvalue weighted by Gasteiger charge is 2.58. The van der Waals surface area contributed by atoms with Gasteiger partial charge in [-0.15, -0.1) is 0 Å². The molecule has 18 heavy (non-hydrogen) atoms. The molecule has 0 unspecified atom stereocenters. The van der Waals surface area contributed by atoms with Crippen LogP contribution >= 0.6 is 0 Å². The van der Waals surface area contributed by atoms with E-state index in [9.17, 15) is 26.7 Å². The molecule has 0 rings (SSSR count). The van der Waals surface area contributed by atoms with Gasteiger partial charge in [-0.05, 0) is 6.42 Å². The Kier molecular flexibility index (Phi) is 6.23. The summed E-state index contributed by atoms with van der Waals surface area (Å²) in [7, 11) is 0. The molecule has 0 saturated carbocycles. The number of esters is 1. The fourth-order valence-corrected chi connectivity index (χ4v) is 0.739. The molecule has 0 amide bonds. The van der Waals surface area contributed by atoms with E-state index in [0.717, 1.165) is 0 Å². The minimum atomic E-state index is -5.76. The van der Waals surface area contributed by atoms with Gasteiger partial charge in [-0.25, -0.2) is 4.79 Å². The molecular formula is C10H13F5O3. The molecule has 0 aliphatic heterocycles. The highest BCUT2D eigenvalue weighted by molar-refractivity contribution is 5.87. The van der Waals surface area contributed by atoms with E-state index in [2.05, 4.69) is 11.3 Å². The third kappa shape index (κ3) is 5.44. The van der Waals surface area contributed by atoms with Gasteiger partial charge in [0.2, 0.25) is 0 Å². The molecule has 3 nitrogen and oxygen atoms in total. The van der Waals surface area contributed by atoms with Crippen molar-refractivity contribution in [2.45, 2.75) is 25.4 Å². The molecule has 0 aromatic carbocycles. The zero-order valence-electron chi connectivity index (χ0n) is 9.65. The normalized spacial score (nSPS) is 12.3. The number of carbonyl (C=O) groups excluding carboxylic acids is 1. The maximum absolute atomic E-state index is 12.4. The minimum absolute atomic E-state index is 0.274. The number of halogens is 5. The van der Waals surface area contributed by atoms with Crippen LogP contribution in [0.2, 0.25) is 0 Å². The first-order valence-electron chi connectivity index (χ1n) is 4.99. The molecule has 106 valence electrons. The highest BCUT2D eigenvalue weighted by atomic mass is 19.4. The monoisotopic (exact) mass is 276 g/mol. The molecule has 0 aliphatic rings. The quantitative estimate of drug-likeness (QED) is 0.310. The molecule has 0 aromatic rings. The number of rotatable bonds is 7. The van der Waals surface area contributed by atoms with Gasteiger partial charge >= 0.3 is 18.1 Å². The lowest BCUT2D eigenvalue weighted by Gasteiger charge is -2.19. The van der Waals surface area contributed by atoms with Crippen molar-refractivity contribution in [3.63, 3.8) is 0 Å². The second kappa shape index (κ2) is 6.67. The molecule has 0 N–H and O–H groups in total. The van der Waals surface area contributed by atoms with Crippen LogP contribution in [0, 0.1) is 0 Å². The van der Waals surface area contributed by atoms with Crippen molar-refractivity contribution in [3.05, 3.63) is 12.2 Å². The van der Waals surface area contributed by atoms with Crippen LogP contribution in [0.1, 0.15) is 13.3 Å². The molecule has 0 atom stereocenters. The number of alkyl halides is 5. The molecule has 0 saturated heterocycles. The molecule has 0 spiro atoms. The molecule has 0 aliphatic carbocycles. The van der Waals surface area contributed by atoms with Crippen LogP contribution in [0.15, 0.2) is 12.2 Å². The van der Waals surface area contributed by atoms with Crippen LogP contribution < -0.4 is 0 Å². The summed E-state index contributed by atoms with van der Waals surface area (Å²) in [6, 6.07) is 0. The summed E-state index contributed by atoms with van der Waals surface area (Å²) in [5, 5.41) is 0. The van der Waals surface area contributed by atoms with Crippen molar-refractivity contribution in [2.24, 2.45) is 0 Å². The summed E-state index contributed by atoms with van der Waals surface area (Å²) in [5.41, 5.74) is -0.318. The average Bonchev–Trinajstić information content (AvgIpc) is 2.24. The summed E-state index contributed by atoms with van der Waals surface area (Å²) in [5.74, 6) is -6.41. The number of ether oxygens (including phenoxy) is 2. The molecule has 0 heterocycles. The van der Waals surface area contributed by atoms with Crippen molar-refractivity contribution < 1.29 is 36.2 Å². The first-order chi connectivity index (χ1) is 8.12. The second-order valence-corrected chi connectivity index (χ2v) is 3.43. The maximum atomic E-state index is 12.4. The van der Waals surface area contributed by atoms with E-state index in [1.807, 2.05) is 0 Å². The fraction of sp³-hybridized carbons (Fsp3) is 0.700. The second-order valence-electron chi connectivity index (χ2n) is 3.43. The Labute approximate surface area is 101 Å². The van der Waals surface area contributed by atoms with Crippen molar-refractivity contribution in [3.8, 4) is 0 Å². The van der Waals surface area contributed by atoms with Crippen molar-refractivity contribution in [2.75, 3.05) is 19.8 Å². The standard InChI is InChI=1S/C10H13F5O3/c1-3-4-17-5-7(2)8(16)18-6-9(11,12)10(13,14)15/h2-6H2,1H3. The zero-order valence-corrected chi connectivity index (χ0v) is 9.65. The van der Waals surface area contributed by atoms with Gasteiger partial charge in [-0.3, -0.25) is 0 Å². The summed E-state index contributed by atoms with van der Waals surface area (Å²) in [6.45, 7) is 2.93. The Morgan fingerprint density at radius 1 is 1.22 bits per heavy atom. The Morgan fingerprint density at radius 3 is 2.22 bits per heavy atom. The van der Waals surface area contributed by atoms with Gasteiger partial charge in [0.1, 0.15) is 0 Å². The molecule has 8 heteroatoms. The van der Waals surface area contributed by atoms with E-state index in [1.165, 1.54) is 0 Å². The lowest BCUT2D eigenvalue weighted by atomic mass is 10.3. The Balaban J connectivity index is 4.14. The summed E-state index contributed by atoms with van der Waals surface area (Å²) in [4.78, 5) is 11.0. The number of hydrogen-bond donors (Lipinski definition) is 0. The van der Waals surface area contributed by atoms with E-state index < -0.39 is 24.7 Å². The molecule has 0 fully saturated rings. The number of carbonyl (C=O) groups is 1. The van der Waals surface area contributed by atoms with Gasteiger partial charge < -0.3 is 9.47 Å². The molecule has 0 radical (unpaired) electrons. The van der Waals surface area contributed by atoms with Crippen molar-refractivity contribution in [1.82, 2.24) is 0 Å². The molecular weight excluding hydrogens is 263 g/mol. The number of hydrogen-bond acceptors (Lipinski definition) is 3. The smallest absolute Gasteiger partial charge is 0.455 e. The zero-order chi connectivity index (χ0) is 14.4. The third-order valence-electron chi connectivity index (χ3n) is 1.71. The third-order valence-corrected chi connectivity index (χ3v) is 1.71. The Bertz CT molecular complexity index is 298. The van der Waals surface area contributed by atoms with Gasteiger partial charge in [0.05, 0.1) is 12.2 Å². The van der Waals surface area contributed by atoms with Crippen LogP contribution in [0.25, 0.3) is 0 Å². The largest absolute Gasteiger partial charge is 0.456 e. The summed E-state index contributed by atoms with van der Waals surface area (Å²) >= 11 is 0. The van der Waals surface area contributed by atoms with Crippen LogP contribution in [-0.2, 0) is 14.3 Å². The summed E-state index contributed by atoms with van der Waals surface area (Å²) in [6.07, 6.45) is -5.10. The first-order valence-corrected chi connectivity index (χ1v) is 4.99. The van der Waals surface area contributed by atoms with E-state index >= 15 is 0 Å². The van der Waals surface area contributed by atoms with Crippen LogP contribution in [0.3, 0.4) is 0 Å². The van der Waals surface area contributed by atoms with E-state index in [1.54, 1.807) is 6.92 Å². The van der Waals surface area contributed by atoms with Gasteiger partial charge in [0.25, 0.3) is 0 Å². The van der Waals surface area contributed by atoms with Crippen LogP contribution in [0.4, 0.5) is 22.0 Å². The predicted octanol–water partition coefficient (Wildman–Crippen LogP) is 2.71. The first kappa shape index (κ1) is 16.8. The maximum Gasteiger partial charge on any atom is 0.456 e. The van der Waals surface area contributed by atoms with Gasteiger partial charge in [0, 0.05) is 6.61 Å². The molecule has 0 aromatic heterocycles. The van der Waals surface area contributed by atoms with E-state index in [0.29, 0.717) is 13.0 Å². The molecule has 0 bridgehead atoms. The Hall–Kier alpha value is -1.18. The van der Waals surface area contributed by atoms with Crippen molar-refractivity contribution >= 4 is 5.97 Å². The predicted molar refractivity (Wildman–Crippen MR) is 52.2 cm³/mol. The average molecular weight is 276 g/mol. The van der Waals surface area contributed by atoms with Crippen LogP contribution in [0.5, 0.6) is 0 Å². The van der Waals surface area contributed by atoms with E-state index in [4.69, 9.17) is 4.74 Å². The SMILES string of the molecule is C=C(COCCC)C(=O)OCC(F)(F)C(F)(F)F. The lowest BCUT2D eigenvalue weighted by molar-refractivity contribution is -0.293. The van der Waals surface area contributed by atoms with Gasteiger partial charge in [-0.1, -0.05) is 13.5 Å². The topological polar surface area (TPSA) is 35.5 Å². The van der Waals surface area contributed by atoms with Gasteiger partial charge in [0.15, 0.2) is 6.61 Å². The van der Waals surface area contributed by atoms with Crippen LogP contribution in [-0.4, -0.2) is 37.9 Å².